The number of aromatic nitrogens is 3. The molecule has 0 spiro atoms. The van der Waals surface area contributed by atoms with Crippen LogP contribution in [0.4, 0.5) is 0 Å². The molecule has 6 nitrogen and oxygen atoms in total. The molecule has 1 atom stereocenters. The van der Waals surface area contributed by atoms with Crippen molar-refractivity contribution in [1.82, 2.24) is 25.4 Å². The largest absolute Gasteiger partial charge is 0.354 e. The van der Waals surface area contributed by atoms with Gasteiger partial charge in [0.1, 0.15) is 5.82 Å². The Morgan fingerprint density at radius 1 is 1.09 bits per heavy atom. The third-order valence-corrected chi connectivity index (χ3v) is 6.61. The zero-order chi connectivity index (χ0) is 23.5. The molecular formula is C28H31N5O. The molecule has 0 radical (unpaired) electrons. The highest BCUT2D eigenvalue weighted by atomic mass is 16.1. The number of benzene rings is 3. The number of carbonyl (C=O) groups is 1. The van der Waals surface area contributed by atoms with Gasteiger partial charge in [-0.3, -0.25) is 14.8 Å². The molecule has 34 heavy (non-hydrogen) atoms. The summed E-state index contributed by atoms with van der Waals surface area (Å²) in [6, 6.07) is 23.1. The Morgan fingerprint density at radius 3 is 2.71 bits per heavy atom. The number of rotatable bonds is 7. The minimum absolute atomic E-state index is 0.0417. The maximum atomic E-state index is 12.9. The summed E-state index contributed by atoms with van der Waals surface area (Å²) >= 11 is 0. The number of fused-ring (bicyclic) bond motifs is 2. The van der Waals surface area contributed by atoms with Crippen LogP contribution < -0.4 is 5.32 Å². The van der Waals surface area contributed by atoms with Crippen molar-refractivity contribution < 1.29 is 4.79 Å². The van der Waals surface area contributed by atoms with Crippen LogP contribution in [-0.2, 0) is 24.2 Å². The first-order valence-corrected chi connectivity index (χ1v) is 12.0. The monoisotopic (exact) mass is 453 g/mol. The van der Waals surface area contributed by atoms with Crippen molar-refractivity contribution in [3.8, 4) is 0 Å². The van der Waals surface area contributed by atoms with Gasteiger partial charge in [-0.05, 0) is 33.9 Å². The van der Waals surface area contributed by atoms with Crippen molar-refractivity contribution in [2.24, 2.45) is 0 Å². The Labute approximate surface area is 200 Å². The molecule has 0 bridgehead atoms. The normalized spacial score (nSPS) is 16.0. The van der Waals surface area contributed by atoms with E-state index >= 15 is 0 Å². The molecule has 1 aromatic heterocycles. The number of nitrogens with one attached hydrogen (secondary N) is 2. The standard InChI is InChI=1S/C28H31N5O/c1-19(2)28-30-26(31-32-28)18-33-14-13-22-8-5-6-10-24(22)25(33)17-29-27(34)16-20-11-12-21-7-3-4-9-23(21)15-20/h3-12,15,19,25H,13-14,16-18H2,1-2H3,(H,29,34)(H,30,31,32). The van der Waals surface area contributed by atoms with E-state index in [9.17, 15) is 4.79 Å². The fourth-order valence-electron chi connectivity index (χ4n) is 4.77. The Bertz CT molecular complexity index is 1290. The molecule has 5 rings (SSSR count). The molecule has 3 aromatic carbocycles. The second kappa shape index (κ2) is 9.77. The fourth-order valence-corrected chi connectivity index (χ4v) is 4.77. The Hall–Kier alpha value is -3.51. The van der Waals surface area contributed by atoms with E-state index in [2.05, 4.69) is 87.8 Å². The third-order valence-electron chi connectivity index (χ3n) is 6.61. The molecule has 0 fully saturated rings. The molecule has 1 aliphatic rings. The van der Waals surface area contributed by atoms with Crippen molar-refractivity contribution in [3.63, 3.8) is 0 Å². The van der Waals surface area contributed by atoms with Crippen LogP contribution in [0.5, 0.6) is 0 Å². The molecule has 2 heterocycles. The quantitative estimate of drug-likeness (QED) is 0.431. The molecule has 1 amide bonds. The molecular weight excluding hydrogens is 422 g/mol. The molecule has 0 aliphatic carbocycles. The minimum Gasteiger partial charge on any atom is -0.354 e. The van der Waals surface area contributed by atoms with Crippen LogP contribution in [0.1, 0.15) is 54.1 Å². The first-order chi connectivity index (χ1) is 16.6. The van der Waals surface area contributed by atoms with Crippen molar-refractivity contribution >= 4 is 16.7 Å². The van der Waals surface area contributed by atoms with Crippen molar-refractivity contribution in [1.29, 1.82) is 0 Å². The highest BCUT2D eigenvalue weighted by Gasteiger charge is 2.28. The second-order valence-corrected chi connectivity index (χ2v) is 9.39. The average Bonchev–Trinajstić information content (AvgIpc) is 3.32. The van der Waals surface area contributed by atoms with Crippen LogP contribution in [0.15, 0.2) is 66.7 Å². The van der Waals surface area contributed by atoms with Gasteiger partial charge in [-0.15, -0.1) is 0 Å². The van der Waals surface area contributed by atoms with Crippen LogP contribution >= 0.6 is 0 Å². The Balaban J connectivity index is 1.29. The van der Waals surface area contributed by atoms with Gasteiger partial charge in [0.05, 0.1) is 19.0 Å². The Morgan fingerprint density at radius 2 is 1.88 bits per heavy atom. The average molecular weight is 454 g/mol. The van der Waals surface area contributed by atoms with Gasteiger partial charge in [0.15, 0.2) is 5.82 Å². The summed E-state index contributed by atoms with van der Waals surface area (Å²) < 4.78 is 0. The number of hydrogen-bond donors (Lipinski definition) is 2. The summed E-state index contributed by atoms with van der Waals surface area (Å²) in [5.41, 5.74) is 3.66. The molecule has 0 saturated carbocycles. The lowest BCUT2D eigenvalue weighted by Gasteiger charge is -2.37. The molecule has 1 unspecified atom stereocenters. The summed E-state index contributed by atoms with van der Waals surface area (Å²) in [4.78, 5) is 20.0. The second-order valence-electron chi connectivity index (χ2n) is 9.39. The fraction of sp³-hybridized carbons (Fsp3) is 0.321. The van der Waals surface area contributed by atoms with Crippen molar-refractivity contribution in [2.75, 3.05) is 13.1 Å². The SMILES string of the molecule is CC(C)c1n[nH]c(CN2CCc3ccccc3C2CNC(=O)Cc2ccc3ccccc3c2)n1. The minimum atomic E-state index is 0.0417. The van der Waals surface area contributed by atoms with Gasteiger partial charge >= 0.3 is 0 Å². The summed E-state index contributed by atoms with van der Waals surface area (Å²) in [6.07, 6.45) is 1.36. The highest BCUT2D eigenvalue weighted by molar-refractivity contribution is 5.85. The van der Waals surface area contributed by atoms with Crippen LogP contribution in [0.2, 0.25) is 0 Å². The predicted octanol–water partition coefficient (Wildman–Crippen LogP) is 4.54. The first-order valence-electron chi connectivity index (χ1n) is 12.0. The molecule has 0 saturated heterocycles. The Kier molecular flexibility index (Phi) is 6.41. The van der Waals surface area contributed by atoms with Gasteiger partial charge in [0.25, 0.3) is 0 Å². The predicted molar refractivity (Wildman–Crippen MR) is 134 cm³/mol. The molecule has 4 aromatic rings. The summed E-state index contributed by atoms with van der Waals surface area (Å²) in [5.74, 6) is 2.04. The van der Waals surface area contributed by atoms with Gasteiger partial charge in [0, 0.05) is 19.0 Å². The maximum Gasteiger partial charge on any atom is 0.224 e. The first kappa shape index (κ1) is 22.3. The zero-order valence-corrected chi connectivity index (χ0v) is 19.8. The van der Waals surface area contributed by atoms with E-state index in [1.54, 1.807) is 0 Å². The van der Waals surface area contributed by atoms with E-state index in [-0.39, 0.29) is 17.9 Å². The van der Waals surface area contributed by atoms with Gasteiger partial charge in [0.2, 0.25) is 5.91 Å². The molecule has 2 N–H and O–H groups in total. The number of aromatic amines is 1. The number of hydrogen-bond acceptors (Lipinski definition) is 4. The maximum absolute atomic E-state index is 12.9. The van der Waals surface area contributed by atoms with Gasteiger partial charge in [-0.1, -0.05) is 80.6 Å². The summed E-state index contributed by atoms with van der Waals surface area (Å²) in [5, 5.41) is 13.0. The smallest absolute Gasteiger partial charge is 0.224 e. The van der Waals surface area contributed by atoms with E-state index < -0.39 is 0 Å². The lowest BCUT2D eigenvalue weighted by Crippen LogP contribution is -2.42. The summed E-state index contributed by atoms with van der Waals surface area (Å²) in [7, 11) is 0. The van der Waals surface area contributed by atoms with E-state index in [4.69, 9.17) is 0 Å². The third kappa shape index (κ3) is 4.87. The van der Waals surface area contributed by atoms with Crippen LogP contribution in [-0.4, -0.2) is 39.1 Å². The molecule has 1 aliphatic heterocycles. The summed E-state index contributed by atoms with van der Waals surface area (Å²) in [6.45, 7) is 6.35. The van der Waals surface area contributed by atoms with Gasteiger partial charge in [-0.2, -0.15) is 5.10 Å². The highest BCUT2D eigenvalue weighted by Crippen LogP contribution is 2.30. The van der Waals surface area contributed by atoms with E-state index in [1.807, 2.05) is 18.2 Å². The zero-order valence-electron chi connectivity index (χ0n) is 19.8. The van der Waals surface area contributed by atoms with E-state index in [0.717, 1.165) is 35.6 Å². The molecule has 174 valence electrons. The van der Waals surface area contributed by atoms with Crippen LogP contribution in [0, 0.1) is 0 Å². The van der Waals surface area contributed by atoms with Crippen molar-refractivity contribution in [2.45, 2.75) is 45.2 Å². The lowest BCUT2D eigenvalue weighted by molar-refractivity contribution is -0.120. The topological polar surface area (TPSA) is 73.9 Å². The number of carbonyl (C=O) groups excluding carboxylic acids is 1. The lowest BCUT2D eigenvalue weighted by atomic mass is 9.92. The number of nitrogens with zero attached hydrogens (tertiary/aromatic N) is 3. The van der Waals surface area contributed by atoms with Crippen molar-refractivity contribution in [3.05, 3.63) is 95.1 Å². The van der Waals surface area contributed by atoms with Gasteiger partial charge < -0.3 is 5.32 Å². The number of H-pyrrole nitrogens is 1. The van der Waals surface area contributed by atoms with Crippen LogP contribution in [0.25, 0.3) is 10.8 Å². The molecule has 6 heteroatoms. The van der Waals surface area contributed by atoms with Crippen LogP contribution in [0.3, 0.4) is 0 Å². The number of amides is 1. The van der Waals surface area contributed by atoms with Gasteiger partial charge in [-0.25, -0.2) is 4.98 Å². The van der Waals surface area contributed by atoms with E-state index in [1.165, 1.54) is 16.5 Å². The van der Waals surface area contributed by atoms with E-state index in [0.29, 0.717) is 19.5 Å².